The van der Waals surface area contributed by atoms with Crippen LogP contribution >= 0.6 is 0 Å². The molecule has 0 spiro atoms. The fourth-order valence-electron chi connectivity index (χ4n) is 2.16. The summed E-state index contributed by atoms with van der Waals surface area (Å²) in [5, 5.41) is 19.7. The first-order valence-corrected chi connectivity index (χ1v) is 5.70. The van der Waals surface area contributed by atoms with Crippen molar-refractivity contribution in [1.29, 1.82) is 0 Å². The highest BCUT2D eigenvalue weighted by Crippen LogP contribution is 2.36. The topological polar surface area (TPSA) is 40.5 Å². The minimum atomic E-state index is -4.26. The normalized spacial score (nSPS) is 33.8. The average molecular weight is 240 g/mol. The molecule has 0 aromatic carbocycles. The van der Waals surface area contributed by atoms with Gasteiger partial charge in [-0.2, -0.15) is 13.2 Å². The number of aliphatic hydroxyl groups excluding tert-OH is 1. The molecule has 16 heavy (non-hydrogen) atoms. The van der Waals surface area contributed by atoms with Crippen LogP contribution in [0.3, 0.4) is 0 Å². The van der Waals surface area contributed by atoms with Gasteiger partial charge >= 0.3 is 6.18 Å². The van der Waals surface area contributed by atoms with Crippen molar-refractivity contribution in [1.82, 2.24) is 0 Å². The quantitative estimate of drug-likeness (QED) is 0.796. The number of alkyl halides is 3. The lowest BCUT2D eigenvalue weighted by Gasteiger charge is -2.38. The van der Waals surface area contributed by atoms with Crippen LogP contribution in [0.15, 0.2) is 0 Å². The molecule has 2 nitrogen and oxygen atoms in total. The second-order valence-corrected chi connectivity index (χ2v) is 4.96. The Bertz CT molecular complexity index is 220. The lowest BCUT2D eigenvalue weighted by atomic mass is 9.75. The summed E-state index contributed by atoms with van der Waals surface area (Å²) in [7, 11) is 0. The minimum absolute atomic E-state index is 0.396. The fourth-order valence-corrected chi connectivity index (χ4v) is 2.16. The Kier molecular flexibility index (Phi) is 4.23. The van der Waals surface area contributed by atoms with E-state index in [0.29, 0.717) is 18.8 Å². The van der Waals surface area contributed by atoms with E-state index in [0.717, 1.165) is 12.8 Å². The standard InChI is InChI=1S/C11H19F3O2/c1-8-2-5-10(16,6-3-8)9(15)4-7-11(12,13)14/h8-9,15-16H,2-7H2,1H3. The van der Waals surface area contributed by atoms with Crippen molar-refractivity contribution in [3.05, 3.63) is 0 Å². The van der Waals surface area contributed by atoms with Crippen LogP contribution in [-0.4, -0.2) is 28.1 Å². The first-order valence-electron chi connectivity index (χ1n) is 5.70. The summed E-state index contributed by atoms with van der Waals surface area (Å²) in [6, 6.07) is 0. The zero-order valence-electron chi connectivity index (χ0n) is 9.43. The Hall–Kier alpha value is -0.290. The van der Waals surface area contributed by atoms with E-state index in [9.17, 15) is 23.4 Å². The molecule has 0 amide bonds. The summed E-state index contributed by atoms with van der Waals surface area (Å²) < 4.78 is 35.9. The Morgan fingerprint density at radius 2 is 1.81 bits per heavy atom. The number of rotatable bonds is 3. The molecule has 0 aliphatic heterocycles. The first kappa shape index (κ1) is 13.8. The maximum Gasteiger partial charge on any atom is 0.389 e. The molecule has 1 aliphatic rings. The van der Waals surface area contributed by atoms with E-state index in [4.69, 9.17) is 0 Å². The molecule has 5 heteroatoms. The second kappa shape index (κ2) is 4.92. The van der Waals surface area contributed by atoms with Gasteiger partial charge in [0.25, 0.3) is 0 Å². The summed E-state index contributed by atoms with van der Waals surface area (Å²) in [5.74, 6) is 0.482. The van der Waals surface area contributed by atoms with Crippen LogP contribution < -0.4 is 0 Å². The van der Waals surface area contributed by atoms with Crippen LogP contribution in [0.5, 0.6) is 0 Å². The molecule has 96 valence electrons. The highest BCUT2D eigenvalue weighted by molar-refractivity contribution is 4.90. The van der Waals surface area contributed by atoms with Crippen molar-refractivity contribution in [2.24, 2.45) is 5.92 Å². The van der Waals surface area contributed by atoms with Crippen LogP contribution in [0.1, 0.15) is 45.4 Å². The first-order chi connectivity index (χ1) is 7.23. The molecular formula is C11H19F3O2. The van der Waals surface area contributed by atoms with Gasteiger partial charge < -0.3 is 10.2 Å². The fraction of sp³-hybridized carbons (Fsp3) is 1.00. The largest absolute Gasteiger partial charge is 0.390 e. The van der Waals surface area contributed by atoms with Crippen molar-refractivity contribution in [3.8, 4) is 0 Å². The number of hydrogen-bond donors (Lipinski definition) is 2. The average Bonchev–Trinajstić information content (AvgIpc) is 2.18. The highest BCUT2D eigenvalue weighted by Gasteiger charge is 2.40. The zero-order chi connectivity index (χ0) is 12.4. The van der Waals surface area contributed by atoms with Crippen LogP contribution in [0.4, 0.5) is 13.2 Å². The molecule has 1 atom stereocenters. The van der Waals surface area contributed by atoms with Gasteiger partial charge in [-0.25, -0.2) is 0 Å². The summed E-state index contributed by atoms with van der Waals surface area (Å²) in [5.41, 5.74) is -1.31. The van der Waals surface area contributed by atoms with E-state index in [-0.39, 0.29) is 0 Å². The van der Waals surface area contributed by atoms with Crippen LogP contribution in [0, 0.1) is 5.92 Å². The van der Waals surface area contributed by atoms with Crippen LogP contribution in [0.25, 0.3) is 0 Å². The van der Waals surface area contributed by atoms with Crippen molar-refractivity contribution >= 4 is 0 Å². The summed E-state index contributed by atoms with van der Waals surface area (Å²) in [6.07, 6.45) is -4.65. The molecule has 0 heterocycles. The molecule has 2 N–H and O–H groups in total. The van der Waals surface area contributed by atoms with Gasteiger partial charge in [0.05, 0.1) is 11.7 Å². The van der Waals surface area contributed by atoms with Gasteiger partial charge in [0.2, 0.25) is 0 Å². The van der Waals surface area contributed by atoms with Gasteiger partial charge in [-0.1, -0.05) is 6.92 Å². The van der Waals surface area contributed by atoms with Gasteiger partial charge in [-0.05, 0) is 38.0 Å². The van der Waals surface area contributed by atoms with E-state index in [1.54, 1.807) is 0 Å². The lowest BCUT2D eigenvalue weighted by molar-refractivity contribution is -0.156. The maximum absolute atomic E-state index is 12.0. The lowest BCUT2D eigenvalue weighted by Crippen LogP contribution is -2.45. The van der Waals surface area contributed by atoms with Gasteiger partial charge in [-0.15, -0.1) is 0 Å². The molecule has 0 saturated heterocycles. The zero-order valence-corrected chi connectivity index (χ0v) is 9.43. The van der Waals surface area contributed by atoms with Crippen molar-refractivity contribution in [3.63, 3.8) is 0 Å². The molecule has 0 aromatic heterocycles. The van der Waals surface area contributed by atoms with E-state index in [1.165, 1.54) is 0 Å². The third kappa shape index (κ3) is 3.94. The smallest absolute Gasteiger partial charge is 0.389 e. The van der Waals surface area contributed by atoms with Crippen LogP contribution in [-0.2, 0) is 0 Å². The molecular weight excluding hydrogens is 221 g/mol. The van der Waals surface area contributed by atoms with Gasteiger partial charge in [0.15, 0.2) is 0 Å². The molecule has 1 aliphatic carbocycles. The van der Waals surface area contributed by atoms with Crippen molar-refractivity contribution in [2.45, 2.75) is 63.3 Å². The summed E-state index contributed by atoms with van der Waals surface area (Å²) in [6.45, 7) is 2.04. The van der Waals surface area contributed by atoms with Gasteiger partial charge in [0, 0.05) is 6.42 Å². The SMILES string of the molecule is CC1CCC(O)(C(O)CCC(F)(F)F)CC1. The Balaban J connectivity index is 2.43. The van der Waals surface area contributed by atoms with E-state index < -0.39 is 30.7 Å². The second-order valence-electron chi connectivity index (χ2n) is 4.96. The number of hydrogen-bond acceptors (Lipinski definition) is 2. The van der Waals surface area contributed by atoms with Crippen molar-refractivity contribution < 1.29 is 23.4 Å². The molecule has 0 radical (unpaired) electrons. The van der Waals surface area contributed by atoms with E-state index in [2.05, 4.69) is 0 Å². The Labute approximate surface area is 93.5 Å². The van der Waals surface area contributed by atoms with Crippen molar-refractivity contribution in [2.75, 3.05) is 0 Å². The number of halogens is 3. The maximum atomic E-state index is 12.0. The molecule has 0 aromatic rings. The Morgan fingerprint density at radius 1 is 1.31 bits per heavy atom. The van der Waals surface area contributed by atoms with Gasteiger partial charge in [-0.3, -0.25) is 0 Å². The summed E-state index contributed by atoms with van der Waals surface area (Å²) in [4.78, 5) is 0. The summed E-state index contributed by atoms with van der Waals surface area (Å²) >= 11 is 0. The molecule has 0 bridgehead atoms. The molecule has 1 unspecified atom stereocenters. The number of aliphatic hydroxyl groups is 2. The monoisotopic (exact) mass is 240 g/mol. The van der Waals surface area contributed by atoms with E-state index >= 15 is 0 Å². The molecule has 1 rings (SSSR count). The predicted octanol–water partition coefficient (Wildman–Crippen LogP) is 2.63. The Morgan fingerprint density at radius 3 is 2.25 bits per heavy atom. The predicted molar refractivity (Wildman–Crippen MR) is 53.9 cm³/mol. The molecule has 1 saturated carbocycles. The highest BCUT2D eigenvalue weighted by atomic mass is 19.4. The minimum Gasteiger partial charge on any atom is -0.390 e. The van der Waals surface area contributed by atoms with Gasteiger partial charge in [0.1, 0.15) is 0 Å². The molecule has 1 fully saturated rings. The third-order valence-corrected chi connectivity index (χ3v) is 3.46. The van der Waals surface area contributed by atoms with Crippen LogP contribution in [0.2, 0.25) is 0 Å². The third-order valence-electron chi connectivity index (χ3n) is 3.46. The van der Waals surface area contributed by atoms with E-state index in [1.807, 2.05) is 6.92 Å².